The van der Waals surface area contributed by atoms with Crippen LogP contribution in [0.4, 0.5) is 0 Å². The van der Waals surface area contributed by atoms with E-state index in [4.69, 9.17) is 0 Å². The third-order valence-corrected chi connectivity index (χ3v) is 3.80. The molecular formula is C10H13NO2S. The zero-order valence-corrected chi connectivity index (χ0v) is 9.06. The first-order chi connectivity index (χ1) is 6.50. The van der Waals surface area contributed by atoms with Gasteiger partial charge in [-0.05, 0) is 24.1 Å². The molecule has 1 heterocycles. The Bertz CT molecular complexity index is 465. The molecule has 1 aromatic rings. The molecule has 76 valence electrons. The molecule has 2 rings (SSSR count). The first kappa shape index (κ1) is 9.68. The average Bonchev–Trinajstić information content (AvgIpc) is 2.46. The molecule has 3 nitrogen and oxygen atoms in total. The van der Waals surface area contributed by atoms with E-state index in [0.717, 1.165) is 11.1 Å². The number of sulfone groups is 1. The highest BCUT2D eigenvalue weighted by atomic mass is 32.2. The van der Waals surface area contributed by atoms with Gasteiger partial charge in [0.2, 0.25) is 0 Å². The summed E-state index contributed by atoms with van der Waals surface area (Å²) in [7, 11) is -3.09. The minimum atomic E-state index is -3.09. The number of fused-ring (bicyclic) bond motifs is 1. The second-order valence-electron chi connectivity index (χ2n) is 3.70. The van der Waals surface area contributed by atoms with Gasteiger partial charge in [0.15, 0.2) is 9.84 Å². The van der Waals surface area contributed by atoms with Crippen molar-refractivity contribution in [2.24, 2.45) is 0 Å². The van der Waals surface area contributed by atoms with Crippen LogP contribution in [0.1, 0.15) is 24.1 Å². The van der Waals surface area contributed by atoms with E-state index < -0.39 is 9.84 Å². The summed E-state index contributed by atoms with van der Waals surface area (Å²) in [5.41, 5.74) is 2.04. The third kappa shape index (κ3) is 1.44. The van der Waals surface area contributed by atoms with Crippen molar-refractivity contribution in [3.8, 4) is 0 Å². The third-order valence-electron chi connectivity index (χ3n) is 2.62. The Labute approximate surface area is 84.1 Å². The lowest BCUT2D eigenvalue weighted by Gasteiger charge is -2.06. The van der Waals surface area contributed by atoms with E-state index in [1.807, 2.05) is 13.0 Å². The molecule has 0 aromatic heterocycles. The predicted molar refractivity (Wildman–Crippen MR) is 54.8 cm³/mol. The first-order valence-electron chi connectivity index (χ1n) is 4.55. The van der Waals surface area contributed by atoms with Crippen LogP contribution in [0.25, 0.3) is 0 Å². The molecular weight excluding hydrogens is 198 g/mol. The molecule has 1 aliphatic rings. The summed E-state index contributed by atoms with van der Waals surface area (Å²) in [6.07, 6.45) is 1.26. The summed E-state index contributed by atoms with van der Waals surface area (Å²) in [5.74, 6) is 0. The molecule has 1 aromatic carbocycles. The van der Waals surface area contributed by atoms with Gasteiger partial charge in [0, 0.05) is 18.8 Å². The van der Waals surface area contributed by atoms with Crippen molar-refractivity contribution in [3.63, 3.8) is 0 Å². The van der Waals surface area contributed by atoms with E-state index in [0.29, 0.717) is 11.4 Å². The Balaban J connectivity index is 2.67. The van der Waals surface area contributed by atoms with Crippen molar-refractivity contribution >= 4 is 9.84 Å². The number of benzene rings is 1. The van der Waals surface area contributed by atoms with Crippen LogP contribution < -0.4 is 5.32 Å². The standard InChI is InChI=1S/C10H13NO2S/c1-7-8-4-3-5-10(14(2,12)13)9(8)6-11-7/h3-5,7,11H,6H2,1-2H3/t7-/m1/s1. The van der Waals surface area contributed by atoms with E-state index in [9.17, 15) is 8.42 Å². The van der Waals surface area contributed by atoms with Crippen molar-refractivity contribution in [3.05, 3.63) is 29.3 Å². The first-order valence-corrected chi connectivity index (χ1v) is 6.44. The van der Waals surface area contributed by atoms with Crippen molar-refractivity contribution in [2.45, 2.75) is 24.4 Å². The van der Waals surface area contributed by atoms with Gasteiger partial charge < -0.3 is 5.32 Å². The maximum absolute atomic E-state index is 11.5. The quantitative estimate of drug-likeness (QED) is 0.760. The van der Waals surface area contributed by atoms with Crippen LogP contribution in [-0.4, -0.2) is 14.7 Å². The largest absolute Gasteiger partial charge is 0.306 e. The average molecular weight is 211 g/mol. The van der Waals surface area contributed by atoms with E-state index in [1.165, 1.54) is 6.26 Å². The lowest BCUT2D eigenvalue weighted by molar-refractivity contribution is 0.599. The Morgan fingerprint density at radius 3 is 2.79 bits per heavy atom. The molecule has 1 aliphatic heterocycles. The van der Waals surface area contributed by atoms with Crippen molar-refractivity contribution in [2.75, 3.05) is 6.26 Å². The lowest BCUT2D eigenvalue weighted by Crippen LogP contribution is -2.07. The highest BCUT2D eigenvalue weighted by Crippen LogP contribution is 2.29. The van der Waals surface area contributed by atoms with Gasteiger partial charge in [-0.2, -0.15) is 0 Å². The molecule has 1 atom stereocenters. The van der Waals surface area contributed by atoms with Crippen molar-refractivity contribution in [1.29, 1.82) is 0 Å². The second kappa shape index (κ2) is 3.07. The Morgan fingerprint density at radius 1 is 1.43 bits per heavy atom. The van der Waals surface area contributed by atoms with Crippen LogP contribution in [0.3, 0.4) is 0 Å². The molecule has 0 saturated heterocycles. The minimum Gasteiger partial charge on any atom is -0.306 e. The maximum atomic E-state index is 11.5. The summed E-state index contributed by atoms with van der Waals surface area (Å²) in [5, 5.41) is 3.23. The van der Waals surface area contributed by atoms with E-state index in [-0.39, 0.29) is 6.04 Å². The maximum Gasteiger partial charge on any atom is 0.175 e. The van der Waals surface area contributed by atoms with Gasteiger partial charge in [-0.15, -0.1) is 0 Å². The molecule has 14 heavy (non-hydrogen) atoms. The van der Waals surface area contributed by atoms with E-state index >= 15 is 0 Å². The SMILES string of the molecule is C[C@H]1NCc2c1cccc2S(C)(=O)=O. The monoisotopic (exact) mass is 211 g/mol. The van der Waals surface area contributed by atoms with Gasteiger partial charge in [0.05, 0.1) is 4.90 Å². The number of nitrogens with one attached hydrogen (secondary N) is 1. The Morgan fingerprint density at radius 2 is 2.14 bits per heavy atom. The van der Waals surface area contributed by atoms with Crippen LogP contribution in [0.2, 0.25) is 0 Å². The summed E-state index contributed by atoms with van der Waals surface area (Å²) in [6, 6.07) is 5.72. The fourth-order valence-corrected chi connectivity index (χ4v) is 2.85. The molecule has 0 radical (unpaired) electrons. The van der Waals surface area contributed by atoms with Crippen molar-refractivity contribution in [1.82, 2.24) is 5.32 Å². The van der Waals surface area contributed by atoms with Gasteiger partial charge in [-0.3, -0.25) is 0 Å². The molecule has 0 amide bonds. The molecule has 0 fully saturated rings. The van der Waals surface area contributed by atoms with Gasteiger partial charge in [0.25, 0.3) is 0 Å². The number of hydrogen-bond donors (Lipinski definition) is 1. The molecule has 0 saturated carbocycles. The van der Waals surface area contributed by atoms with Crippen LogP contribution >= 0.6 is 0 Å². The lowest BCUT2D eigenvalue weighted by atomic mass is 10.1. The fourth-order valence-electron chi connectivity index (χ4n) is 1.89. The zero-order valence-electron chi connectivity index (χ0n) is 8.24. The number of hydrogen-bond acceptors (Lipinski definition) is 3. The molecule has 0 unspecified atom stereocenters. The summed E-state index contributed by atoms with van der Waals surface area (Å²) in [4.78, 5) is 0.465. The van der Waals surface area contributed by atoms with Crippen LogP contribution in [-0.2, 0) is 16.4 Å². The van der Waals surface area contributed by atoms with Gasteiger partial charge >= 0.3 is 0 Å². The minimum absolute atomic E-state index is 0.256. The van der Waals surface area contributed by atoms with Crippen LogP contribution in [0.15, 0.2) is 23.1 Å². The topological polar surface area (TPSA) is 46.2 Å². The smallest absolute Gasteiger partial charge is 0.175 e. The summed E-state index contributed by atoms with van der Waals surface area (Å²) < 4.78 is 22.9. The Hall–Kier alpha value is -0.870. The molecule has 1 N–H and O–H groups in total. The van der Waals surface area contributed by atoms with E-state index in [1.54, 1.807) is 12.1 Å². The van der Waals surface area contributed by atoms with Crippen LogP contribution in [0, 0.1) is 0 Å². The molecule has 0 spiro atoms. The second-order valence-corrected chi connectivity index (χ2v) is 5.68. The predicted octanol–water partition coefficient (Wildman–Crippen LogP) is 1.25. The molecule has 0 bridgehead atoms. The highest BCUT2D eigenvalue weighted by Gasteiger charge is 2.23. The van der Waals surface area contributed by atoms with E-state index in [2.05, 4.69) is 5.32 Å². The highest BCUT2D eigenvalue weighted by molar-refractivity contribution is 7.90. The summed E-state index contributed by atoms with van der Waals surface area (Å²) in [6.45, 7) is 2.69. The Kier molecular flexibility index (Phi) is 2.12. The van der Waals surface area contributed by atoms with Gasteiger partial charge in [-0.25, -0.2) is 8.42 Å². The van der Waals surface area contributed by atoms with Gasteiger partial charge in [0.1, 0.15) is 0 Å². The molecule has 0 aliphatic carbocycles. The van der Waals surface area contributed by atoms with Crippen molar-refractivity contribution < 1.29 is 8.42 Å². The van der Waals surface area contributed by atoms with Gasteiger partial charge in [-0.1, -0.05) is 12.1 Å². The zero-order chi connectivity index (χ0) is 10.3. The molecule has 4 heteroatoms. The number of rotatable bonds is 1. The summed E-state index contributed by atoms with van der Waals surface area (Å²) >= 11 is 0. The normalized spacial score (nSPS) is 20.9. The fraction of sp³-hybridized carbons (Fsp3) is 0.400. The van der Waals surface area contributed by atoms with Crippen LogP contribution in [0.5, 0.6) is 0 Å².